The molecular weight excluding hydrogens is 993 g/mol. The highest BCUT2D eigenvalue weighted by Gasteiger charge is 2.47. The average Bonchev–Trinajstić information content (AvgIpc) is 2.27. The van der Waals surface area contributed by atoms with Gasteiger partial charge in [0, 0.05) is 20.2 Å². The van der Waals surface area contributed by atoms with Crippen LogP contribution in [0.4, 0.5) is 0 Å². The van der Waals surface area contributed by atoms with E-state index < -0.39 is 0 Å². The lowest BCUT2D eigenvalue weighted by Gasteiger charge is -2.34. The molecule has 0 spiro atoms. The van der Waals surface area contributed by atoms with E-state index in [1.807, 2.05) is 17.4 Å². The summed E-state index contributed by atoms with van der Waals surface area (Å²) >= 11 is 1.89. The summed E-state index contributed by atoms with van der Waals surface area (Å²) < 4.78 is 2.81. The van der Waals surface area contributed by atoms with Crippen LogP contribution in [0.2, 0.25) is 0 Å². The van der Waals surface area contributed by atoms with Crippen LogP contribution in [0.3, 0.4) is 0 Å². The summed E-state index contributed by atoms with van der Waals surface area (Å²) in [5, 5.41) is 8.24. The van der Waals surface area contributed by atoms with Gasteiger partial charge < -0.3 is 0 Å². The van der Waals surface area contributed by atoms with E-state index in [-0.39, 0.29) is 10.8 Å². The van der Waals surface area contributed by atoms with Crippen LogP contribution >= 0.6 is 11.3 Å². The van der Waals surface area contributed by atoms with Gasteiger partial charge in [0.05, 0.1) is 5.41 Å². The maximum absolute atomic E-state index is 2.44. The number of hydrogen-bond donors (Lipinski definition) is 0. The largest absolute Gasteiger partial charge is 0.135 e. The van der Waals surface area contributed by atoms with Gasteiger partial charge in [-0.1, -0.05) is 305 Å². The fourth-order valence-corrected chi connectivity index (χ4v) is 12.8. The molecule has 0 amide bonds. The highest BCUT2D eigenvalue weighted by atomic mass is 32.1. The second-order valence-electron chi connectivity index (χ2n) is 22.6. The summed E-state index contributed by atoms with van der Waals surface area (Å²) in [6.45, 7) is 19.7. The van der Waals surface area contributed by atoms with Gasteiger partial charge in [0.1, 0.15) is 0 Å². The third-order valence-corrected chi connectivity index (χ3v) is 17.0. The normalized spacial score (nSPS) is 11.9. The topological polar surface area (TPSA) is 0 Å². The Labute approximate surface area is 486 Å². The first-order valence-corrected chi connectivity index (χ1v) is 29.4. The molecule has 1 aromatic heterocycles. The molecule has 0 saturated heterocycles. The molecule has 0 aliphatic heterocycles. The number of thiophene rings is 1. The molecule has 0 N–H and O–H groups in total. The lowest BCUT2D eigenvalue weighted by atomic mass is 9.67. The number of aryl methyl sites for hydroxylation is 6. The smallest absolute Gasteiger partial charge is 0.0713 e. The van der Waals surface area contributed by atoms with Crippen LogP contribution in [0.15, 0.2) is 273 Å². The maximum atomic E-state index is 2.44. The van der Waals surface area contributed by atoms with Gasteiger partial charge in [-0.3, -0.25) is 0 Å². The van der Waals surface area contributed by atoms with Crippen molar-refractivity contribution in [1.29, 1.82) is 0 Å². The summed E-state index contributed by atoms with van der Waals surface area (Å²) in [6, 6.07) is 98.2. The van der Waals surface area contributed by atoms with Crippen LogP contribution in [0.25, 0.3) is 64.0 Å². The molecule has 0 nitrogen and oxygen atoms in total. The minimum atomic E-state index is -0.325. The highest BCUT2D eigenvalue weighted by molar-refractivity contribution is 7.25. The van der Waals surface area contributed by atoms with Crippen molar-refractivity contribution in [2.24, 2.45) is 0 Å². The molecule has 1 aliphatic carbocycles. The van der Waals surface area contributed by atoms with E-state index >= 15 is 0 Å². The third kappa shape index (κ3) is 12.0. The lowest BCUT2D eigenvalue weighted by molar-refractivity contribution is 0.590. The molecule has 0 radical (unpaired) electrons. The van der Waals surface area contributed by atoms with Crippen molar-refractivity contribution in [2.75, 3.05) is 0 Å². The number of fused-ring (bicyclic) bond motifs is 9. The maximum Gasteiger partial charge on any atom is 0.0713 e. The van der Waals surface area contributed by atoms with Crippen molar-refractivity contribution < 1.29 is 0 Å². The van der Waals surface area contributed by atoms with Crippen molar-refractivity contribution in [2.45, 2.75) is 79.6 Å². The second kappa shape index (κ2) is 24.8. The molecule has 1 heteroatoms. The van der Waals surface area contributed by atoms with Crippen LogP contribution in [-0.2, 0) is 17.3 Å². The summed E-state index contributed by atoms with van der Waals surface area (Å²) in [7, 11) is 0. The Morgan fingerprint density at radius 2 is 0.864 bits per heavy atom. The molecular formula is C80H74S. The molecule has 81 heavy (non-hydrogen) atoms. The molecule has 0 unspecified atom stereocenters. The van der Waals surface area contributed by atoms with E-state index in [1.54, 1.807) is 0 Å². The Kier molecular flexibility index (Phi) is 17.1. The number of benzene rings is 12. The molecule has 13 aromatic rings. The van der Waals surface area contributed by atoms with Gasteiger partial charge in [-0.2, -0.15) is 0 Å². The zero-order valence-electron chi connectivity index (χ0n) is 48.6. The Hall–Kier alpha value is -8.62. The van der Waals surface area contributed by atoms with Gasteiger partial charge in [0.15, 0.2) is 0 Å². The predicted molar refractivity (Wildman–Crippen MR) is 355 cm³/mol. The SMILES string of the molecule is CCc1cccc2sc3ccccc3c12.Cc1ccc(-c2ccccc2)cc1.Cc1ccc(C(C)(C)C)cc1.Cc1ccc2c(c1)C(c1ccccc1)(c1ccccc1)c1cc(C)c3ccccc3c1-2.Cc1cccc2ccccc12. The molecule has 14 rings (SSSR count). The van der Waals surface area contributed by atoms with E-state index in [0.717, 1.165) is 6.42 Å². The van der Waals surface area contributed by atoms with Crippen molar-refractivity contribution in [3.8, 4) is 22.3 Å². The highest BCUT2D eigenvalue weighted by Crippen LogP contribution is 2.58. The third-order valence-electron chi connectivity index (χ3n) is 15.9. The van der Waals surface area contributed by atoms with E-state index in [0.29, 0.717) is 0 Å². The van der Waals surface area contributed by atoms with Crippen LogP contribution in [0, 0.1) is 34.6 Å². The van der Waals surface area contributed by atoms with Gasteiger partial charge in [-0.25, -0.2) is 0 Å². The Balaban J connectivity index is 0.000000124. The molecule has 12 aromatic carbocycles. The fraction of sp³-hybridized carbons (Fsp3) is 0.150. The zero-order chi connectivity index (χ0) is 56.5. The molecule has 0 saturated carbocycles. The number of rotatable bonds is 4. The molecule has 1 aliphatic rings. The van der Waals surface area contributed by atoms with E-state index in [1.165, 1.54) is 125 Å². The van der Waals surface area contributed by atoms with Gasteiger partial charge in [0.2, 0.25) is 0 Å². The summed E-state index contributed by atoms with van der Waals surface area (Å²) in [6.07, 6.45) is 1.11. The molecule has 0 fully saturated rings. The van der Waals surface area contributed by atoms with Gasteiger partial charge in [0.25, 0.3) is 0 Å². The van der Waals surface area contributed by atoms with Crippen LogP contribution in [0.1, 0.15) is 88.9 Å². The minimum absolute atomic E-state index is 0.285. The van der Waals surface area contributed by atoms with Crippen molar-refractivity contribution in [1.82, 2.24) is 0 Å². The first-order chi connectivity index (χ1) is 39.3. The molecule has 0 bridgehead atoms. The second-order valence-corrected chi connectivity index (χ2v) is 23.7. The van der Waals surface area contributed by atoms with Crippen molar-refractivity contribution >= 4 is 53.1 Å². The molecule has 400 valence electrons. The fourth-order valence-electron chi connectivity index (χ4n) is 11.6. The van der Waals surface area contributed by atoms with Crippen LogP contribution in [0.5, 0.6) is 0 Å². The lowest BCUT2D eigenvalue weighted by Crippen LogP contribution is -2.28. The van der Waals surface area contributed by atoms with Crippen molar-refractivity contribution in [3.63, 3.8) is 0 Å². The summed E-state index contributed by atoms with van der Waals surface area (Å²) in [4.78, 5) is 0. The van der Waals surface area contributed by atoms with Gasteiger partial charge in [-0.05, 0) is 147 Å². The van der Waals surface area contributed by atoms with Crippen molar-refractivity contribution in [3.05, 3.63) is 334 Å². The summed E-state index contributed by atoms with van der Waals surface area (Å²) in [5.41, 5.74) is 20.2. The summed E-state index contributed by atoms with van der Waals surface area (Å²) in [5.74, 6) is 0. The van der Waals surface area contributed by atoms with Gasteiger partial charge in [-0.15, -0.1) is 11.3 Å². The molecule has 1 heterocycles. The first-order valence-electron chi connectivity index (χ1n) is 28.6. The zero-order valence-corrected chi connectivity index (χ0v) is 49.4. The monoisotopic (exact) mass is 1070 g/mol. The quantitative estimate of drug-likeness (QED) is 0.165. The van der Waals surface area contributed by atoms with E-state index in [9.17, 15) is 0 Å². The Bertz CT molecular complexity index is 4150. The number of hydrogen-bond acceptors (Lipinski definition) is 1. The minimum Gasteiger partial charge on any atom is -0.135 e. The van der Waals surface area contributed by atoms with E-state index in [4.69, 9.17) is 0 Å². The molecule has 0 atom stereocenters. The van der Waals surface area contributed by atoms with Crippen LogP contribution in [-0.4, -0.2) is 0 Å². The standard InChI is InChI=1S/C31H24.C14H12S.C13H12.C11H10.C11H16/c1-21-17-18-27-28(19-21)31(23-11-5-3-6-12-23,24-13-7-4-8-14-24)29-20-22(2)25-15-9-10-16-26(25)30(27)29;1-2-10-6-5-9-13-14(10)11-7-3-4-8-12(11)15-13;1-11-7-9-13(10-8-11)12-5-3-2-4-6-12;1-9-5-4-7-10-6-2-3-8-11(9)10;1-9-5-7-10(8-6-9)11(2,3)4/h3-20H,1-2H3;3-9H,2H2,1H3;2-10H,1H3;2-8H,1H3;5-8H,1-4H3. The predicted octanol–water partition coefficient (Wildman–Crippen LogP) is 22.5. The van der Waals surface area contributed by atoms with E-state index in [2.05, 4.69) is 329 Å². The Morgan fingerprint density at radius 3 is 1.48 bits per heavy atom. The average molecular weight is 1070 g/mol. The first kappa shape index (κ1) is 55.7. The Morgan fingerprint density at radius 1 is 0.370 bits per heavy atom. The van der Waals surface area contributed by atoms with Gasteiger partial charge >= 0.3 is 0 Å². The van der Waals surface area contributed by atoms with Crippen LogP contribution < -0.4 is 0 Å².